The van der Waals surface area contributed by atoms with Gasteiger partial charge in [0.05, 0.1) is 12.2 Å². The molecule has 2 heteroatoms. The zero-order chi connectivity index (χ0) is 11.8. The first kappa shape index (κ1) is 14.7. The molecule has 0 amide bonds. The first-order valence-electron chi connectivity index (χ1n) is 5.95. The van der Waals surface area contributed by atoms with Crippen LogP contribution in [0.4, 0.5) is 0 Å². The Bertz CT molecular complexity index is 177. The molecule has 0 bridgehead atoms. The summed E-state index contributed by atoms with van der Waals surface area (Å²) in [6.45, 7) is 8.42. The van der Waals surface area contributed by atoms with Gasteiger partial charge in [0.2, 0.25) is 0 Å². The number of ether oxygens (including phenoxy) is 1. The molecule has 15 heavy (non-hydrogen) atoms. The average Bonchev–Trinajstić information content (AvgIpc) is 2.26. The van der Waals surface area contributed by atoms with Gasteiger partial charge in [0.15, 0.2) is 0 Å². The second-order valence-electron chi connectivity index (χ2n) is 4.23. The van der Waals surface area contributed by atoms with Gasteiger partial charge in [0.1, 0.15) is 0 Å². The summed E-state index contributed by atoms with van der Waals surface area (Å²) in [5, 5.41) is 9.81. The zero-order valence-electron chi connectivity index (χ0n) is 10.7. The average molecular weight is 214 g/mol. The third-order valence-corrected chi connectivity index (χ3v) is 3.09. The van der Waals surface area contributed by atoms with Crippen LogP contribution in [0.5, 0.6) is 0 Å². The largest absolute Gasteiger partial charge is 0.390 e. The van der Waals surface area contributed by atoms with Crippen LogP contribution in [-0.4, -0.2) is 24.4 Å². The highest BCUT2D eigenvalue weighted by atomic mass is 16.5. The third-order valence-electron chi connectivity index (χ3n) is 3.09. The Morgan fingerprint density at radius 1 is 1.27 bits per heavy atom. The molecule has 2 nitrogen and oxygen atoms in total. The molecule has 4 atom stereocenters. The molecule has 90 valence electrons. The monoisotopic (exact) mass is 214 g/mol. The predicted molar refractivity (Wildman–Crippen MR) is 64.9 cm³/mol. The van der Waals surface area contributed by atoms with E-state index in [4.69, 9.17) is 4.74 Å². The maximum atomic E-state index is 9.81. The summed E-state index contributed by atoms with van der Waals surface area (Å²) in [6.07, 6.45) is 5.76. The number of methoxy groups -OCH3 is 1. The highest BCUT2D eigenvalue weighted by Gasteiger charge is 2.26. The van der Waals surface area contributed by atoms with Crippen LogP contribution in [0.3, 0.4) is 0 Å². The van der Waals surface area contributed by atoms with Gasteiger partial charge >= 0.3 is 0 Å². The Hall–Kier alpha value is -0.340. The van der Waals surface area contributed by atoms with Crippen LogP contribution in [-0.2, 0) is 4.74 Å². The van der Waals surface area contributed by atoms with Gasteiger partial charge in [-0.3, -0.25) is 0 Å². The minimum Gasteiger partial charge on any atom is -0.390 e. The summed E-state index contributed by atoms with van der Waals surface area (Å²) in [5.74, 6) is 0.781. The van der Waals surface area contributed by atoms with E-state index in [9.17, 15) is 5.11 Å². The molecule has 0 fully saturated rings. The quantitative estimate of drug-likeness (QED) is 0.660. The number of rotatable bonds is 7. The fraction of sp³-hybridized carbons (Fsp3) is 0.846. The van der Waals surface area contributed by atoms with Crippen molar-refractivity contribution < 1.29 is 9.84 Å². The molecular weight excluding hydrogens is 188 g/mol. The van der Waals surface area contributed by atoms with Crippen LogP contribution in [0, 0.1) is 11.8 Å². The molecule has 0 radical (unpaired) electrons. The lowest BCUT2D eigenvalue weighted by Gasteiger charge is -2.29. The van der Waals surface area contributed by atoms with E-state index in [1.165, 1.54) is 0 Å². The number of hydrogen-bond acceptors (Lipinski definition) is 2. The summed E-state index contributed by atoms with van der Waals surface area (Å²) in [7, 11) is 1.68. The van der Waals surface area contributed by atoms with Crippen molar-refractivity contribution in [2.75, 3.05) is 7.11 Å². The normalized spacial score (nSPS) is 20.1. The lowest BCUT2D eigenvalue weighted by atomic mass is 9.87. The Labute approximate surface area is 94.3 Å². The van der Waals surface area contributed by atoms with Crippen LogP contribution in [0.25, 0.3) is 0 Å². The van der Waals surface area contributed by atoms with Crippen LogP contribution < -0.4 is 0 Å². The summed E-state index contributed by atoms with van der Waals surface area (Å²) in [4.78, 5) is 0. The maximum absolute atomic E-state index is 9.81. The Kier molecular flexibility index (Phi) is 7.71. The van der Waals surface area contributed by atoms with Gasteiger partial charge in [-0.05, 0) is 24.7 Å². The van der Waals surface area contributed by atoms with Crippen molar-refractivity contribution in [1.82, 2.24) is 0 Å². The molecule has 0 saturated carbocycles. The fourth-order valence-electron chi connectivity index (χ4n) is 1.78. The maximum Gasteiger partial charge on any atom is 0.0860 e. The van der Waals surface area contributed by atoms with Gasteiger partial charge in [-0.1, -0.05) is 39.8 Å². The van der Waals surface area contributed by atoms with E-state index in [2.05, 4.69) is 32.9 Å². The molecule has 0 aliphatic rings. The highest BCUT2D eigenvalue weighted by molar-refractivity contribution is 4.91. The SMILES string of the molecule is CCC=CC(C)C(C)C(OC)C(O)CC. The Balaban J connectivity index is 4.36. The van der Waals surface area contributed by atoms with E-state index < -0.39 is 0 Å². The number of aliphatic hydroxyl groups excluding tert-OH is 1. The number of aliphatic hydroxyl groups is 1. The van der Waals surface area contributed by atoms with Crippen molar-refractivity contribution in [3.8, 4) is 0 Å². The molecular formula is C13H26O2. The van der Waals surface area contributed by atoms with Gasteiger partial charge in [-0.15, -0.1) is 0 Å². The molecule has 0 aromatic carbocycles. The minimum absolute atomic E-state index is 0.0634. The van der Waals surface area contributed by atoms with E-state index in [1.54, 1.807) is 7.11 Å². The predicted octanol–water partition coefficient (Wildman–Crippen LogP) is 3.01. The summed E-state index contributed by atoms with van der Waals surface area (Å²) in [5.41, 5.74) is 0. The van der Waals surface area contributed by atoms with Gasteiger partial charge in [-0.2, -0.15) is 0 Å². The van der Waals surface area contributed by atoms with Gasteiger partial charge in [0, 0.05) is 7.11 Å². The van der Waals surface area contributed by atoms with Crippen LogP contribution in [0.15, 0.2) is 12.2 Å². The molecule has 4 unspecified atom stereocenters. The van der Waals surface area contributed by atoms with E-state index in [0.717, 1.165) is 12.8 Å². The van der Waals surface area contributed by atoms with Crippen molar-refractivity contribution in [3.63, 3.8) is 0 Å². The molecule has 0 aliphatic carbocycles. The van der Waals surface area contributed by atoms with E-state index in [-0.39, 0.29) is 12.2 Å². The number of hydrogen-bond donors (Lipinski definition) is 1. The van der Waals surface area contributed by atoms with Crippen LogP contribution >= 0.6 is 0 Å². The van der Waals surface area contributed by atoms with Crippen LogP contribution in [0.1, 0.15) is 40.5 Å². The van der Waals surface area contributed by atoms with E-state index >= 15 is 0 Å². The van der Waals surface area contributed by atoms with Crippen LogP contribution in [0.2, 0.25) is 0 Å². The third kappa shape index (κ3) is 4.80. The first-order chi connectivity index (χ1) is 7.08. The second kappa shape index (κ2) is 7.89. The van der Waals surface area contributed by atoms with Gasteiger partial charge < -0.3 is 9.84 Å². The van der Waals surface area contributed by atoms with Crippen molar-refractivity contribution >= 4 is 0 Å². The molecule has 0 aromatic rings. The molecule has 0 aromatic heterocycles. The van der Waals surface area contributed by atoms with Crippen molar-refractivity contribution in [2.45, 2.75) is 52.7 Å². The summed E-state index contributed by atoms with van der Waals surface area (Å²) >= 11 is 0. The lowest BCUT2D eigenvalue weighted by molar-refractivity contribution is -0.0505. The standard InChI is InChI=1S/C13H26O2/c1-6-8-9-10(3)11(4)13(15-5)12(14)7-2/h8-14H,6-7H2,1-5H3. The van der Waals surface area contributed by atoms with Gasteiger partial charge in [-0.25, -0.2) is 0 Å². The topological polar surface area (TPSA) is 29.5 Å². The first-order valence-corrected chi connectivity index (χ1v) is 5.95. The zero-order valence-corrected chi connectivity index (χ0v) is 10.7. The van der Waals surface area contributed by atoms with Crippen molar-refractivity contribution in [2.24, 2.45) is 11.8 Å². The van der Waals surface area contributed by atoms with E-state index in [0.29, 0.717) is 11.8 Å². The van der Waals surface area contributed by atoms with E-state index in [1.807, 2.05) is 6.92 Å². The molecule has 0 aliphatic heterocycles. The minimum atomic E-state index is -0.359. The van der Waals surface area contributed by atoms with Gasteiger partial charge in [0.25, 0.3) is 0 Å². The van der Waals surface area contributed by atoms with Crippen molar-refractivity contribution in [1.29, 1.82) is 0 Å². The molecule has 0 heterocycles. The van der Waals surface area contributed by atoms with Crippen molar-refractivity contribution in [3.05, 3.63) is 12.2 Å². The molecule has 0 spiro atoms. The highest BCUT2D eigenvalue weighted by Crippen LogP contribution is 2.22. The summed E-state index contributed by atoms with van der Waals surface area (Å²) in [6, 6.07) is 0. The molecule has 0 rings (SSSR count). The lowest BCUT2D eigenvalue weighted by Crippen LogP contribution is -2.36. The second-order valence-corrected chi connectivity index (χ2v) is 4.23. The molecule has 0 saturated heterocycles. The summed E-state index contributed by atoms with van der Waals surface area (Å²) < 4.78 is 5.38. The molecule has 1 N–H and O–H groups in total. The smallest absolute Gasteiger partial charge is 0.0860 e. The Morgan fingerprint density at radius 2 is 1.87 bits per heavy atom. The number of allylic oxidation sites excluding steroid dienone is 2. The Morgan fingerprint density at radius 3 is 2.27 bits per heavy atom. The fourth-order valence-corrected chi connectivity index (χ4v) is 1.78.